The van der Waals surface area contributed by atoms with Crippen LogP contribution in [-0.2, 0) is 56.0 Å². The molecule has 0 aliphatic rings. The van der Waals surface area contributed by atoms with Crippen molar-refractivity contribution in [2.24, 2.45) is 35.3 Å². The van der Waals surface area contributed by atoms with Gasteiger partial charge in [0.25, 0.3) is 0 Å². The van der Waals surface area contributed by atoms with Gasteiger partial charge in [0.2, 0.25) is 47.3 Å². The van der Waals surface area contributed by atoms with E-state index in [1.165, 1.54) is 26.0 Å². The number of nitrogens with two attached hydrogens (primary N) is 1. The van der Waals surface area contributed by atoms with Crippen molar-refractivity contribution < 1.29 is 53.4 Å². The number of rotatable bonds is 31. The molecule has 0 radical (unpaired) electrons. The predicted octanol–water partition coefficient (Wildman–Crippen LogP) is 2.74. The first-order valence-electron chi connectivity index (χ1n) is 25.8. The third kappa shape index (κ3) is 23.5. The van der Waals surface area contributed by atoms with E-state index in [0.29, 0.717) is 5.56 Å². The maximum absolute atomic E-state index is 14.0. The summed E-state index contributed by atoms with van der Waals surface area (Å²) in [5.41, 5.74) is 7.64. The number of amides is 8. The van der Waals surface area contributed by atoms with E-state index in [1.54, 1.807) is 12.1 Å². The van der Waals surface area contributed by atoms with Gasteiger partial charge in [-0.15, -0.1) is 0 Å². The molecule has 9 atom stereocenters. The lowest BCUT2D eigenvalue weighted by molar-refractivity contribution is -0.143. The molecule has 2 aromatic rings. The monoisotopic (exact) mass is 1040 g/mol. The Morgan fingerprint density at radius 3 is 1.05 bits per heavy atom. The van der Waals surface area contributed by atoms with Crippen LogP contribution in [0.5, 0.6) is 5.75 Å². The average Bonchev–Trinajstić information content (AvgIpc) is 3.30. The second-order valence-electron chi connectivity index (χ2n) is 21.5. The lowest BCUT2D eigenvalue weighted by Crippen LogP contribution is -2.60. The fourth-order valence-electron chi connectivity index (χ4n) is 7.99. The Morgan fingerprint density at radius 1 is 0.378 bits per heavy atom. The first-order chi connectivity index (χ1) is 34.6. The molecule has 74 heavy (non-hydrogen) atoms. The summed E-state index contributed by atoms with van der Waals surface area (Å²) in [6, 6.07) is 4.76. The first kappa shape index (κ1) is 63.5. The summed E-state index contributed by atoms with van der Waals surface area (Å²) in [5, 5.41) is 41.0. The van der Waals surface area contributed by atoms with E-state index in [4.69, 9.17) is 5.73 Å². The number of carboxylic acids is 1. The largest absolute Gasteiger partial charge is 0.508 e. The first-order valence-corrected chi connectivity index (χ1v) is 25.8. The van der Waals surface area contributed by atoms with E-state index in [0.717, 1.165) is 5.56 Å². The van der Waals surface area contributed by atoms with Crippen LogP contribution >= 0.6 is 0 Å². The van der Waals surface area contributed by atoms with Crippen LogP contribution in [0, 0.1) is 29.6 Å². The molecule has 412 valence electrons. The minimum absolute atomic E-state index is 0.0197. The lowest BCUT2D eigenvalue weighted by atomic mass is 9.99. The lowest BCUT2D eigenvalue weighted by Gasteiger charge is -2.28. The smallest absolute Gasteiger partial charge is 0.326 e. The minimum atomic E-state index is -1.28. The van der Waals surface area contributed by atoms with E-state index in [1.807, 2.05) is 99.6 Å². The molecule has 2 rings (SSSR count). The van der Waals surface area contributed by atoms with Crippen LogP contribution in [0.4, 0.5) is 0 Å². The number of hydrogen-bond donors (Lipinski definition) is 11. The Hall–Kier alpha value is -6.57. The van der Waals surface area contributed by atoms with Crippen molar-refractivity contribution >= 4 is 53.2 Å². The summed E-state index contributed by atoms with van der Waals surface area (Å²) in [6.07, 6.45) is 1.02. The molecule has 0 bridgehead atoms. The number of aromatic hydroxyl groups is 1. The van der Waals surface area contributed by atoms with E-state index >= 15 is 0 Å². The maximum Gasteiger partial charge on any atom is 0.326 e. The van der Waals surface area contributed by atoms with E-state index in [2.05, 4.69) is 42.5 Å². The van der Waals surface area contributed by atoms with Gasteiger partial charge < -0.3 is 58.5 Å². The van der Waals surface area contributed by atoms with Gasteiger partial charge in [0, 0.05) is 6.42 Å². The second-order valence-corrected chi connectivity index (χ2v) is 21.5. The summed E-state index contributed by atoms with van der Waals surface area (Å²) < 4.78 is 0. The molecule has 0 unspecified atom stereocenters. The molecule has 8 amide bonds. The molecule has 2 aromatic carbocycles. The number of nitrogens with one attached hydrogen (secondary N) is 8. The molecule has 0 fully saturated rings. The van der Waals surface area contributed by atoms with Crippen molar-refractivity contribution in [3.8, 4) is 5.75 Å². The number of benzene rings is 2. The molecule has 0 spiro atoms. The molecule has 0 aliphatic heterocycles. The zero-order valence-corrected chi connectivity index (χ0v) is 45.4. The van der Waals surface area contributed by atoms with Crippen LogP contribution in [0.1, 0.15) is 126 Å². The number of phenols is 1. The highest BCUT2D eigenvalue weighted by Crippen LogP contribution is 2.15. The van der Waals surface area contributed by atoms with Crippen LogP contribution in [0.2, 0.25) is 0 Å². The average molecular weight is 1040 g/mol. The Bertz CT molecular complexity index is 2170. The fraction of sp³-hybridized carbons (Fsp3) is 0.611. The highest BCUT2D eigenvalue weighted by molar-refractivity contribution is 5.98. The molecule has 12 N–H and O–H groups in total. The van der Waals surface area contributed by atoms with Gasteiger partial charge in [-0.3, -0.25) is 38.4 Å². The number of carboxylic acid groups (broad SMARTS) is 1. The van der Waals surface area contributed by atoms with Crippen LogP contribution < -0.4 is 48.3 Å². The summed E-state index contributed by atoms with van der Waals surface area (Å²) >= 11 is 0. The zero-order chi connectivity index (χ0) is 56.0. The Balaban J connectivity index is 2.25. The van der Waals surface area contributed by atoms with E-state index in [9.17, 15) is 53.4 Å². The molecular weight excluding hydrogens is 951 g/mol. The van der Waals surface area contributed by atoms with Gasteiger partial charge >= 0.3 is 5.97 Å². The Kier molecular flexibility index (Phi) is 26.8. The summed E-state index contributed by atoms with van der Waals surface area (Å²) in [7, 11) is 0. The number of aliphatic carboxylic acids is 1. The highest BCUT2D eigenvalue weighted by atomic mass is 16.4. The molecule has 20 nitrogen and oxygen atoms in total. The molecule has 0 aromatic heterocycles. The van der Waals surface area contributed by atoms with Gasteiger partial charge in [0.15, 0.2) is 0 Å². The van der Waals surface area contributed by atoms with Crippen LogP contribution in [0.3, 0.4) is 0 Å². The Labute approximate surface area is 437 Å². The Morgan fingerprint density at radius 2 is 0.676 bits per heavy atom. The van der Waals surface area contributed by atoms with Crippen LogP contribution in [0.25, 0.3) is 0 Å². The normalized spacial score (nSPS) is 15.1. The maximum atomic E-state index is 14.0. The number of carbonyl (C=O) groups is 9. The number of hydrogen-bond acceptors (Lipinski definition) is 11. The molecule has 20 heteroatoms. The van der Waals surface area contributed by atoms with Crippen molar-refractivity contribution in [1.82, 2.24) is 42.5 Å². The molecular formula is C54H85N9O11. The second kappa shape index (κ2) is 31.2. The van der Waals surface area contributed by atoms with Crippen molar-refractivity contribution in [2.75, 3.05) is 0 Å². The van der Waals surface area contributed by atoms with Crippen LogP contribution in [0.15, 0.2) is 54.6 Å². The quantitative estimate of drug-likeness (QED) is 0.0520. The number of phenolic OH excluding ortho intramolecular Hbond substituents is 1. The topological polar surface area (TPSA) is 316 Å². The van der Waals surface area contributed by atoms with Crippen molar-refractivity contribution in [1.29, 1.82) is 0 Å². The summed E-state index contributed by atoms with van der Waals surface area (Å²) in [4.78, 5) is 122. The molecule has 0 saturated carbocycles. The highest BCUT2D eigenvalue weighted by Gasteiger charge is 2.34. The minimum Gasteiger partial charge on any atom is -0.508 e. The molecule has 0 saturated heterocycles. The van der Waals surface area contributed by atoms with Crippen molar-refractivity contribution in [3.63, 3.8) is 0 Å². The third-order valence-electron chi connectivity index (χ3n) is 11.8. The van der Waals surface area contributed by atoms with Crippen molar-refractivity contribution in [3.05, 3.63) is 65.7 Å². The summed E-state index contributed by atoms with van der Waals surface area (Å²) in [5.74, 6) is -7.15. The molecule has 0 aliphatic carbocycles. The van der Waals surface area contributed by atoms with Crippen LogP contribution in [-0.4, -0.2) is 118 Å². The van der Waals surface area contributed by atoms with Gasteiger partial charge in [-0.25, -0.2) is 4.79 Å². The fourth-order valence-corrected chi connectivity index (χ4v) is 7.99. The van der Waals surface area contributed by atoms with Gasteiger partial charge in [0.05, 0.1) is 6.04 Å². The number of carbonyl (C=O) groups excluding carboxylic acids is 8. The van der Waals surface area contributed by atoms with E-state index in [-0.39, 0.29) is 80.3 Å². The standard InChI is InChI=1S/C54H85N9O11/c1-29(2)22-40(49(68)56-34(11)47(66)59-41(23-30(3)4)51(70)61-43(25-32(7)8)53(72)63-45(54(73)74)26-33(9)10)58-46(65)35(12)57-50(69)44(28-37-18-20-38(64)21-19-37)62-52(71)42(24-31(5)6)60-48(67)39(55)27-36-16-14-13-15-17-36/h13-21,29-35,39-45,64H,22-28,55H2,1-12H3,(H,56,68)(H,57,69)(H,58,65)(H,59,66)(H,60,67)(H,61,70)(H,62,71)(H,63,72)(H,73,74)/t34-,35-,39-,40-,41-,42-,43-,44-,45-/m0/s1. The van der Waals surface area contributed by atoms with Gasteiger partial charge in [-0.1, -0.05) is 112 Å². The van der Waals surface area contributed by atoms with Gasteiger partial charge in [-0.2, -0.15) is 0 Å². The third-order valence-corrected chi connectivity index (χ3v) is 11.8. The predicted molar refractivity (Wildman–Crippen MR) is 282 cm³/mol. The van der Waals surface area contributed by atoms with Gasteiger partial charge in [-0.05, 0) is 105 Å². The van der Waals surface area contributed by atoms with Gasteiger partial charge in [0.1, 0.15) is 54.1 Å². The summed E-state index contributed by atoms with van der Waals surface area (Å²) in [6.45, 7) is 21.2. The zero-order valence-electron chi connectivity index (χ0n) is 45.4. The molecule has 0 heterocycles. The van der Waals surface area contributed by atoms with E-state index < -0.39 is 108 Å². The van der Waals surface area contributed by atoms with Crippen molar-refractivity contribution in [2.45, 2.75) is 182 Å². The SMILES string of the molecule is CC(C)C[C@H](NC(=O)[C@H](CC(C)C)NC(=O)[C@H](CC(C)C)NC(=O)[C@H](C)NC(=O)[C@H](CC(C)C)NC(=O)[C@H](C)NC(=O)[C@H](Cc1ccc(O)cc1)NC(=O)[C@H](CC(C)C)NC(=O)[C@@H](N)Cc1ccccc1)C(=O)O.